The molecule has 0 radical (unpaired) electrons. The molecular weight excluding hydrogens is 280 g/mol. The smallest absolute Gasteiger partial charge is 0.331 e. The molecule has 1 aromatic rings. The lowest BCUT2D eigenvalue weighted by atomic mass is 10.1. The largest absolute Gasteiger partial charge is 0.463 e. The van der Waals surface area contributed by atoms with Crippen LogP contribution in [-0.4, -0.2) is 12.6 Å². The van der Waals surface area contributed by atoms with Gasteiger partial charge in [0.25, 0.3) is 0 Å². The predicted octanol–water partition coefficient (Wildman–Crippen LogP) is 4.44. The summed E-state index contributed by atoms with van der Waals surface area (Å²) in [5.74, 6) is -0.294. The van der Waals surface area contributed by atoms with Gasteiger partial charge in [-0.2, -0.15) is 0 Å². The molecule has 0 atom stereocenters. The predicted molar refractivity (Wildman–Crippen MR) is 75.8 cm³/mol. The number of hydrogen-bond donors (Lipinski definition) is 0. The van der Waals surface area contributed by atoms with Crippen LogP contribution in [0.4, 0.5) is 0 Å². The minimum absolute atomic E-state index is 0.294. The fraction of sp³-hybridized carbons (Fsp3) is 0.357. The van der Waals surface area contributed by atoms with Gasteiger partial charge >= 0.3 is 5.97 Å². The third-order valence-corrected chi connectivity index (χ3v) is 2.45. The lowest BCUT2D eigenvalue weighted by Gasteiger charge is -2.02. The van der Waals surface area contributed by atoms with Gasteiger partial charge in [0.15, 0.2) is 0 Å². The Kier molecular flexibility index (Phi) is 8.42. The second kappa shape index (κ2) is 8.99. The van der Waals surface area contributed by atoms with E-state index >= 15 is 0 Å². The molecule has 0 aliphatic carbocycles. The fourth-order valence-corrected chi connectivity index (χ4v) is 1.42. The molecule has 0 aliphatic heterocycles. The van der Waals surface area contributed by atoms with Gasteiger partial charge in [-0.3, -0.25) is 0 Å². The highest BCUT2D eigenvalue weighted by Gasteiger charge is 2.00. The third kappa shape index (κ3) is 6.27. The number of carbonyl (C=O) groups excluding carboxylic acids is 1. The topological polar surface area (TPSA) is 26.3 Å². The van der Waals surface area contributed by atoms with Crippen molar-refractivity contribution >= 4 is 27.5 Å². The number of benzene rings is 1. The van der Waals surface area contributed by atoms with Gasteiger partial charge in [0.2, 0.25) is 0 Å². The molecule has 1 aromatic carbocycles. The lowest BCUT2D eigenvalue weighted by molar-refractivity contribution is -0.137. The fourth-order valence-electron chi connectivity index (χ4n) is 1.16. The van der Waals surface area contributed by atoms with Crippen LogP contribution in [0.15, 0.2) is 34.8 Å². The van der Waals surface area contributed by atoms with Gasteiger partial charge in [-0.05, 0) is 37.1 Å². The Morgan fingerprint density at radius 2 is 1.82 bits per heavy atom. The number of allylic oxidation sites excluding steroid dienone is 1. The summed E-state index contributed by atoms with van der Waals surface area (Å²) in [6.07, 6.45) is 1.51. The van der Waals surface area contributed by atoms with Gasteiger partial charge in [0.05, 0.1) is 6.61 Å². The van der Waals surface area contributed by atoms with Gasteiger partial charge in [0.1, 0.15) is 0 Å². The van der Waals surface area contributed by atoms with E-state index in [-0.39, 0.29) is 5.97 Å². The maximum absolute atomic E-state index is 11.2. The number of rotatable bonds is 3. The maximum Gasteiger partial charge on any atom is 0.331 e. The zero-order valence-corrected chi connectivity index (χ0v) is 12.4. The van der Waals surface area contributed by atoms with E-state index < -0.39 is 0 Å². The molecule has 0 heterocycles. The molecule has 0 aliphatic rings. The van der Waals surface area contributed by atoms with Crippen molar-refractivity contribution in [2.45, 2.75) is 27.7 Å². The quantitative estimate of drug-likeness (QED) is 0.609. The molecule has 0 saturated heterocycles. The summed E-state index contributed by atoms with van der Waals surface area (Å²) in [4.78, 5) is 11.2. The molecular formula is C14H19BrO2. The Morgan fingerprint density at radius 3 is 2.29 bits per heavy atom. The van der Waals surface area contributed by atoms with E-state index in [4.69, 9.17) is 4.74 Å². The van der Waals surface area contributed by atoms with Gasteiger partial charge in [-0.25, -0.2) is 4.79 Å². The number of ether oxygens (including phenoxy) is 1. The second-order valence-corrected chi connectivity index (χ2v) is 4.00. The Hall–Kier alpha value is -1.09. The van der Waals surface area contributed by atoms with Gasteiger partial charge < -0.3 is 4.74 Å². The Balaban J connectivity index is 0.00000121. The van der Waals surface area contributed by atoms with E-state index in [2.05, 4.69) is 15.9 Å². The zero-order chi connectivity index (χ0) is 13.3. The van der Waals surface area contributed by atoms with Crippen LogP contribution >= 0.6 is 15.9 Å². The molecule has 0 aromatic heterocycles. The van der Waals surface area contributed by atoms with Crippen LogP contribution in [0.1, 0.15) is 33.3 Å². The van der Waals surface area contributed by atoms with Crippen molar-refractivity contribution in [1.82, 2.24) is 0 Å². The van der Waals surface area contributed by atoms with Crippen LogP contribution in [0.3, 0.4) is 0 Å². The minimum Gasteiger partial charge on any atom is -0.463 e. The van der Waals surface area contributed by atoms with Crippen molar-refractivity contribution in [3.05, 3.63) is 40.4 Å². The van der Waals surface area contributed by atoms with Crippen LogP contribution in [-0.2, 0) is 9.53 Å². The van der Waals surface area contributed by atoms with Crippen LogP contribution in [0.25, 0.3) is 5.57 Å². The summed E-state index contributed by atoms with van der Waals surface area (Å²) in [5, 5.41) is 0. The molecule has 0 bridgehead atoms. The normalized spacial score (nSPS) is 10.3. The summed E-state index contributed by atoms with van der Waals surface area (Å²) in [6, 6.07) is 7.79. The highest BCUT2D eigenvalue weighted by molar-refractivity contribution is 9.10. The summed E-state index contributed by atoms with van der Waals surface area (Å²) in [7, 11) is 0. The van der Waals surface area contributed by atoms with Crippen molar-refractivity contribution in [1.29, 1.82) is 0 Å². The van der Waals surface area contributed by atoms with Crippen molar-refractivity contribution < 1.29 is 9.53 Å². The van der Waals surface area contributed by atoms with Crippen LogP contribution in [0.2, 0.25) is 0 Å². The number of carbonyl (C=O) groups is 1. The average molecular weight is 299 g/mol. The second-order valence-electron chi connectivity index (χ2n) is 3.09. The molecule has 0 N–H and O–H groups in total. The first-order chi connectivity index (χ1) is 8.13. The van der Waals surface area contributed by atoms with E-state index in [0.717, 1.165) is 15.6 Å². The van der Waals surface area contributed by atoms with E-state index in [1.807, 2.05) is 45.0 Å². The first-order valence-corrected chi connectivity index (χ1v) is 6.53. The standard InChI is InChI=1S/C12H13BrO2.C2H6/c1-3-15-12(14)8-9(2)10-4-6-11(13)7-5-10;1-2/h4-8H,3H2,1-2H3;1-2H3/b9-8-;. The third-order valence-electron chi connectivity index (χ3n) is 1.92. The maximum atomic E-state index is 11.2. The molecule has 17 heavy (non-hydrogen) atoms. The molecule has 0 saturated carbocycles. The Morgan fingerprint density at radius 1 is 1.29 bits per heavy atom. The van der Waals surface area contributed by atoms with Crippen molar-refractivity contribution in [2.75, 3.05) is 6.61 Å². The summed E-state index contributed by atoms with van der Waals surface area (Å²) in [6.45, 7) is 8.09. The Bertz CT molecular complexity index is 366. The number of hydrogen-bond acceptors (Lipinski definition) is 2. The average Bonchev–Trinajstić information content (AvgIpc) is 2.32. The molecule has 2 nitrogen and oxygen atoms in total. The lowest BCUT2D eigenvalue weighted by Crippen LogP contribution is -2.00. The summed E-state index contributed by atoms with van der Waals surface area (Å²) < 4.78 is 5.86. The minimum atomic E-state index is -0.294. The molecule has 3 heteroatoms. The number of halogens is 1. The molecule has 0 unspecified atom stereocenters. The summed E-state index contributed by atoms with van der Waals surface area (Å²) >= 11 is 3.36. The van der Waals surface area contributed by atoms with E-state index in [9.17, 15) is 4.79 Å². The molecule has 1 rings (SSSR count). The van der Waals surface area contributed by atoms with Gasteiger partial charge in [-0.1, -0.05) is 41.9 Å². The van der Waals surface area contributed by atoms with Crippen molar-refractivity contribution in [2.24, 2.45) is 0 Å². The zero-order valence-electron chi connectivity index (χ0n) is 10.8. The molecule has 0 amide bonds. The Labute approximate surface area is 112 Å². The first-order valence-electron chi connectivity index (χ1n) is 5.74. The van der Waals surface area contributed by atoms with E-state index in [1.165, 1.54) is 6.08 Å². The van der Waals surface area contributed by atoms with Gasteiger partial charge in [-0.15, -0.1) is 0 Å². The number of esters is 1. The van der Waals surface area contributed by atoms with Crippen molar-refractivity contribution in [3.63, 3.8) is 0 Å². The SMILES string of the molecule is CC.CCOC(=O)/C=C(/C)c1ccc(Br)cc1. The summed E-state index contributed by atoms with van der Waals surface area (Å²) in [5.41, 5.74) is 1.92. The van der Waals surface area contributed by atoms with Gasteiger partial charge in [0, 0.05) is 10.5 Å². The van der Waals surface area contributed by atoms with Crippen LogP contribution in [0, 0.1) is 0 Å². The molecule has 0 spiro atoms. The van der Waals surface area contributed by atoms with E-state index in [1.54, 1.807) is 6.92 Å². The van der Waals surface area contributed by atoms with Crippen molar-refractivity contribution in [3.8, 4) is 0 Å². The molecule has 94 valence electrons. The van der Waals surface area contributed by atoms with Crippen LogP contribution < -0.4 is 0 Å². The highest BCUT2D eigenvalue weighted by atomic mass is 79.9. The van der Waals surface area contributed by atoms with Crippen LogP contribution in [0.5, 0.6) is 0 Å². The van der Waals surface area contributed by atoms with E-state index in [0.29, 0.717) is 6.61 Å². The highest BCUT2D eigenvalue weighted by Crippen LogP contribution is 2.17. The monoisotopic (exact) mass is 298 g/mol. The molecule has 0 fully saturated rings. The first kappa shape index (κ1) is 15.9.